The maximum Gasteiger partial charge on any atom is 0.267 e. The van der Waals surface area contributed by atoms with Crippen LogP contribution in [0.5, 0.6) is 0 Å². The molecule has 0 aliphatic heterocycles. The molecule has 2 N–H and O–H groups in total. The number of hydrogen-bond acceptors (Lipinski definition) is 7. The van der Waals surface area contributed by atoms with Gasteiger partial charge in [-0.05, 0) is 13.3 Å². The molecule has 0 aliphatic rings. The average molecular weight is 297 g/mol. The summed E-state index contributed by atoms with van der Waals surface area (Å²) >= 11 is 0. The monoisotopic (exact) mass is 297 g/mol. The molecule has 9 heteroatoms. The van der Waals surface area contributed by atoms with E-state index in [4.69, 9.17) is 4.52 Å². The van der Waals surface area contributed by atoms with Gasteiger partial charge in [-0.3, -0.25) is 0 Å². The van der Waals surface area contributed by atoms with Gasteiger partial charge in [-0.25, -0.2) is 23.1 Å². The minimum absolute atomic E-state index is 0.0476. The smallest absolute Gasteiger partial charge is 0.267 e. The van der Waals surface area contributed by atoms with Gasteiger partial charge in [0.05, 0.1) is 18.1 Å². The highest BCUT2D eigenvalue weighted by atomic mass is 32.2. The molecule has 108 valence electrons. The molecule has 0 radical (unpaired) electrons. The highest BCUT2D eigenvalue weighted by Gasteiger charge is 2.17. The van der Waals surface area contributed by atoms with Crippen LogP contribution in [-0.4, -0.2) is 30.1 Å². The van der Waals surface area contributed by atoms with Crippen LogP contribution in [0.25, 0.3) is 0 Å². The standard InChI is InChI=1S/C11H15N5O3S/c1-3-4-12-11-13-6-9(7-14-11)20(17,18)16-10-5-8(2)15-19-10/h5-7,16H,3-4H2,1-2H3,(H,12,13,14). The van der Waals surface area contributed by atoms with Crippen molar-refractivity contribution >= 4 is 21.9 Å². The minimum Gasteiger partial charge on any atom is -0.354 e. The van der Waals surface area contributed by atoms with Crippen molar-refractivity contribution in [3.8, 4) is 0 Å². The largest absolute Gasteiger partial charge is 0.354 e. The van der Waals surface area contributed by atoms with E-state index in [1.807, 2.05) is 6.92 Å². The predicted octanol–water partition coefficient (Wildman–Crippen LogP) is 1.40. The van der Waals surface area contributed by atoms with E-state index in [2.05, 4.69) is 25.2 Å². The van der Waals surface area contributed by atoms with Crippen molar-refractivity contribution in [1.82, 2.24) is 15.1 Å². The summed E-state index contributed by atoms with van der Waals surface area (Å²) in [6.07, 6.45) is 3.39. The maximum atomic E-state index is 12.0. The number of aromatic nitrogens is 3. The molecule has 2 heterocycles. The Balaban J connectivity index is 2.13. The zero-order chi connectivity index (χ0) is 14.6. The number of rotatable bonds is 6. The molecule has 20 heavy (non-hydrogen) atoms. The Bertz CT molecular complexity index is 666. The van der Waals surface area contributed by atoms with Gasteiger partial charge in [-0.2, -0.15) is 0 Å². The fourth-order valence-electron chi connectivity index (χ4n) is 1.39. The van der Waals surface area contributed by atoms with Gasteiger partial charge < -0.3 is 9.84 Å². The van der Waals surface area contributed by atoms with Gasteiger partial charge in [0.25, 0.3) is 10.0 Å². The van der Waals surface area contributed by atoms with Gasteiger partial charge >= 0.3 is 0 Å². The first-order chi connectivity index (χ1) is 9.51. The Morgan fingerprint density at radius 3 is 2.55 bits per heavy atom. The summed E-state index contributed by atoms with van der Waals surface area (Å²) < 4.78 is 31.1. The van der Waals surface area contributed by atoms with Crippen LogP contribution in [0.3, 0.4) is 0 Å². The van der Waals surface area contributed by atoms with Crippen LogP contribution < -0.4 is 10.0 Å². The average Bonchev–Trinajstić information content (AvgIpc) is 2.81. The summed E-state index contributed by atoms with van der Waals surface area (Å²) in [5, 5.41) is 6.56. The Morgan fingerprint density at radius 2 is 2.00 bits per heavy atom. The molecular formula is C11H15N5O3S. The van der Waals surface area contributed by atoms with E-state index in [9.17, 15) is 8.42 Å². The zero-order valence-electron chi connectivity index (χ0n) is 11.1. The molecule has 2 rings (SSSR count). The zero-order valence-corrected chi connectivity index (χ0v) is 11.9. The van der Waals surface area contributed by atoms with Gasteiger partial charge in [0.2, 0.25) is 11.8 Å². The summed E-state index contributed by atoms with van der Waals surface area (Å²) in [5.41, 5.74) is 0.582. The van der Waals surface area contributed by atoms with Gasteiger partial charge in [0, 0.05) is 12.6 Å². The highest BCUT2D eigenvalue weighted by molar-refractivity contribution is 7.92. The number of nitrogens with zero attached hydrogens (tertiary/aromatic N) is 3. The van der Waals surface area contributed by atoms with E-state index >= 15 is 0 Å². The normalized spacial score (nSPS) is 11.3. The van der Waals surface area contributed by atoms with Crippen molar-refractivity contribution in [3.63, 3.8) is 0 Å². The number of aryl methyl sites for hydroxylation is 1. The molecule has 0 atom stereocenters. The summed E-state index contributed by atoms with van der Waals surface area (Å²) in [7, 11) is -3.77. The fourth-order valence-corrected chi connectivity index (χ4v) is 2.25. The van der Waals surface area contributed by atoms with Crippen molar-refractivity contribution in [3.05, 3.63) is 24.2 Å². The Labute approximate surface area is 116 Å². The quantitative estimate of drug-likeness (QED) is 0.829. The molecular weight excluding hydrogens is 282 g/mol. The lowest BCUT2D eigenvalue weighted by Crippen LogP contribution is -2.14. The molecule has 0 spiro atoms. The van der Waals surface area contributed by atoms with E-state index < -0.39 is 10.0 Å². The Hall–Kier alpha value is -2.16. The van der Waals surface area contributed by atoms with Crippen molar-refractivity contribution in [2.24, 2.45) is 0 Å². The van der Waals surface area contributed by atoms with Crippen LogP contribution in [0.4, 0.5) is 11.8 Å². The first-order valence-electron chi connectivity index (χ1n) is 6.03. The van der Waals surface area contributed by atoms with Gasteiger partial charge in [-0.1, -0.05) is 12.1 Å². The van der Waals surface area contributed by atoms with Gasteiger partial charge in [-0.15, -0.1) is 0 Å². The van der Waals surface area contributed by atoms with Crippen LogP contribution in [0, 0.1) is 6.92 Å². The molecule has 2 aromatic heterocycles. The summed E-state index contributed by atoms with van der Waals surface area (Å²) in [6.45, 7) is 4.43. The molecule has 8 nitrogen and oxygen atoms in total. The molecule has 0 saturated heterocycles. The number of anilines is 2. The number of hydrogen-bond donors (Lipinski definition) is 2. The van der Waals surface area contributed by atoms with E-state index in [-0.39, 0.29) is 10.8 Å². The summed E-state index contributed by atoms with van der Waals surface area (Å²) in [6, 6.07) is 1.48. The molecule has 0 aliphatic carbocycles. The van der Waals surface area contributed by atoms with Crippen LogP contribution in [0.1, 0.15) is 19.0 Å². The molecule has 0 amide bonds. The Kier molecular flexibility index (Phi) is 4.18. The SMILES string of the molecule is CCCNc1ncc(S(=O)(=O)Nc2cc(C)no2)cn1. The third kappa shape index (κ3) is 3.44. The topological polar surface area (TPSA) is 110 Å². The molecule has 0 unspecified atom stereocenters. The third-order valence-corrected chi connectivity index (χ3v) is 3.64. The Morgan fingerprint density at radius 1 is 1.30 bits per heavy atom. The van der Waals surface area contributed by atoms with Gasteiger partial charge in [0.15, 0.2) is 0 Å². The van der Waals surface area contributed by atoms with Crippen LogP contribution in [-0.2, 0) is 10.0 Å². The maximum absolute atomic E-state index is 12.0. The first kappa shape index (κ1) is 14.3. The van der Waals surface area contributed by atoms with E-state index in [1.165, 1.54) is 18.5 Å². The molecule has 2 aromatic rings. The molecule has 0 aromatic carbocycles. The number of nitrogens with one attached hydrogen (secondary N) is 2. The van der Waals surface area contributed by atoms with E-state index in [1.54, 1.807) is 6.92 Å². The number of sulfonamides is 1. The summed E-state index contributed by atoms with van der Waals surface area (Å²) in [5.74, 6) is 0.442. The summed E-state index contributed by atoms with van der Waals surface area (Å²) in [4.78, 5) is 7.84. The third-order valence-electron chi connectivity index (χ3n) is 2.33. The van der Waals surface area contributed by atoms with Crippen molar-refractivity contribution in [1.29, 1.82) is 0 Å². The lowest BCUT2D eigenvalue weighted by molar-refractivity contribution is 0.430. The first-order valence-corrected chi connectivity index (χ1v) is 7.51. The predicted molar refractivity (Wildman–Crippen MR) is 72.9 cm³/mol. The van der Waals surface area contributed by atoms with Gasteiger partial charge in [0.1, 0.15) is 4.90 Å². The van der Waals surface area contributed by atoms with E-state index in [0.29, 0.717) is 11.6 Å². The van der Waals surface area contributed by atoms with Crippen LogP contribution in [0.2, 0.25) is 0 Å². The fraction of sp³-hybridized carbons (Fsp3) is 0.364. The lowest BCUT2D eigenvalue weighted by atomic mass is 10.5. The minimum atomic E-state index is -3.77. The van der Waals surface area contributed by atoms with Crippen molar-refractivity contribution in [2.45, 2.75) is 25.2 Å². The molecule has 0 fully saturated rings. The van der Waals surface area contributed by atoms with Crippen molar-refractivity contribution in [2.75, 3.05) is 16.6 Å². The lowest BCUT2D eigenvalue weighted by Gasteiger charge is -2.05. The highest BCUT2D eigenvalue weighted by Crippen LogP contribution is 2.15. The molecule has 0 bridgehead atoms. The second-order valence-corrected chi connectivity index (χ2v) is 5.79. The van der Waals surface area contributed by atoms with Crippen LogP contribution >= 0.6 is 0 Å². The van der Waals surface area contributed by atoms with Crippen molar-refractivity contribution < 1.29 is 12.9 Å². The second-order valence-electron chi connectivity index (χ2n) is 4.11. The molecule has 0 saturated carbocycles. The van der Waals surface area contributed by atoms with E-state index in [0.717, 1.165) is 13.0 Å². The van der Waals surface area contributed by atoms with Crippen LogP contribution in [0.15, 0.2) is 27.9 Å². The second kappa shape index (κ2) is 5.87.